The lowest BCUT2D eigenvalue weighted by atomic mass is 10.1. The van der Waals surface area contributed by atoms with Crippen molar-refractivity contribution in [3.63, 3.8) is 0 Å². The van der Waals surface area contributed by atoms with Crippen molar-refractivity contribution < 1.29 is 17.9 Å². The van der Waals surface area contributed by atoms with Gasteiger partial charge in [0.2, 0.25) is 11.9 Å². The second-order valence-electron chi connectivity index (χ2n) is 7.44. The minimum absolute atomic E-state index is 0.119. The van der Waals surface area contributed by atoms with Gasteiger partial charge in [-0.2, -0.15) is 0 Å². The van der Waals surface area contributed by atoms with Crippen LogP contribution in [-0.2, 0) is 19.6 Å². The van der Waals surface area contributed by atoms with Gasteiger partial charge < -0.3 is 26.4 Å². The summed E-state index contributed by atoms with van der Waals surface area (Å²) in [7, 11) is 1.43. The van der Waals surface area contributed by atoms with Gasteiger partial charge >= 0.3 is 0 Å². The Morgan fingerprint density at radius 1 is 1.16 bits per heavy atom. The molecule has 0 aliphatic carbocycles. The fourth-order valence-corrected chi connectivity index (χ4v) is 4.46. The van der Waals surface area contributed by atoms with Crippen LogP contribution in [-0.4, -0.2) is 67.2 Å². The summed E-state index contributed by atoms with van der Waals surface area (Å²) in [6.07, 6.45) is 0.940. The molecule has 32 heavy (non-hydrogen) atoms. The average Bonchev–Trinajstić information content (AvgIpc) is 2.73. The second-order valence-corrected chi connectivity index (χ2v) is 9.09. The van der Waals surface area contributed by atoms with E-state index in [0.717, 1.165) is 11.1 Å². The van der Waals surface area contributed by atoms with Crippen molar-refractivity contribution in [3.05, 3.63) is 36.4 Å². The molecule has 176 valence electrons. The number of nitrogens with two attached hydrogens (primary N) is 2. The number of anilines is 1. The molecular formula is C21H32N6O4S. The van der Waals surface area contributed by atoms with Crippen LogP contribution in [0.25, 0.3) is 10.8 Å². The van der Waals surface area contributed by atoms with Crippen LogP contribution < -0.4 is 26.4 Å². The van der Waals surface area contributed by atoms with Crippen molar-refractivity contribution >= 4 is 38.3 Å². The lowest BCUT2D eigenvalue weighted by Gasteiger charge is -2.17. The van der Waals surface area contributed by atoms with Crippen LogP contribution in [0.5, 0.6) is 0 Å². The Kier molecular flexibility index (Phi) is 9.24. The molecule has 0 aliphatic rings. The van der Waals surface area contributed by atoms with Crippen LogP contribution >= 0.6 is 0 Å². The van der Waals surface area contributed by atoms with Gasteiger partial charge in [0.15, 0.2) is 0 Å². The van der Waals surface area contributed by atoms with E-state index in [2.05, 4.69) is 15.0 Å². The Labute approximate surface area is 189 Å². The van der Waals surface area contributed by atoms with Gasteiger partial charge in [0.25, 0.3) is 10.0 Å². The van der Waals surface area contributed by atoms with Crippen LogP contribution in [0.4, 0.5) is 5.69 Å². The predicted octanol–water partition coefficient (Wildman–Crippen LogP) is 0.369. The van der Waals surface area contributed by atoms with Gasteiger partial charge in [-0.05, 0) is 25.0 Å². The number of carbonyl (C=O) groups excluding carboxylic acids is 1. The molecule has 0 saturated carbocycles. The molecule has 0 saturated heterocycles. The number of methoxy groups -OCH3 is 1. The fraction of sp³-hybridized carbons (Fsp3) is 0.429. The standard InChI is InChI=1S/C21H32N6O4S/c1-27(2)18-10-4-8-16-15(18)7-5-11-19(16)32(29,30)26-21(23)25-12-6-9-17(20(22)28)24-13-14-31-3/h4-5,7-8,10-11,17,24H,6,9,12-14H2,1-3H3,(H2,22,28)(H3,23,25,26)/t17-/m0/s1. The van der Waals surface area contributed by atoms with Gasteiger partial charge in [-0.25, -0.2) is 13.1 Å². The number of ether oxygens (including phenoxy) is 1. The Hall–Kier alpha value is -2.89. The van der Waals surface area contributed by atoms with Gasteiger partial charge in [0.05, 0.1) is 17.5 Å². The average molecular weight is 465 g/mol. The number of amides is 1. The van der Waals surface area contributed by atoms with Gasteiger partial charge in [-0.15, -0.1) is 0 Å². The molecule has 6 N–H and O–H groups in total. The zero-order valence-electron chi connectivity index (χ0n) is 18.7. The van der Waals surface area contributed by atoms with Gasteiger partial charge in [-0.1, -0.05) is 24.3 Å². The van der Waals surface area contributed by atoms with Crippen molar-refractivity contribution in [2.75, 3.05) is 45.8 Å². The summed E-state index contributed by atoms with van der Waals surface area (Å²) in [6, 6.07) is 10.1. The van der Waals surface area contributed by atoms with Crippen LogP contribution in [0.3, 0.4) is 0 Å². The highest BCUT2D eigenvalue weighted by Crippen LogP contribution is 2.29. The molecule has 10 nitrogen and oxygen atoms in total. The zero-order chi connectivity index (χ0) is 23.7. The third-order valence-corrected chi connectivity index (χ3v) is 6.26. The van der Waals surface area contributed by atoms with Crippen LogP contribution in [0.15, 0.2) is 46.3 Å². The third-order valence-electron chi connectivity index (χ3n) is 4.84. The smallest absolute Gasteiger partial charge is 0.264 e. The van der Waals surface area contributed by atoms with Crippen molar-refractivity contribution in [2.24, 2.45) is 16.5 Å². The van der Waals surface area contributed by atoms with E-state index >= 15 is 0 Å². The van der Waals surface area contributed by atoms with E-state index in [-0.39, 0.29) is 17.4 Å². The highest BCUT2D eigenvalue weighted by atomic mass is 32.2. The number of carbonyl (C=O) groups is 1. The monoisotopic (exact) mass is 464 g/mol. The van der Waals surface area contributed by atoms with Gasteiger partial charge in [0, 0.05) is 50.8 Å². The number of nitrogens with one attached hydrogen (secondary N) is 2. The number of nitrogens with zero attached hydrogens (tertiary/aromatic N) is 2. The van der Waals surface area contributed by atoms with E-state index in [1.54, 1.807) is 19.2 Å². The lowest BCUT2D eigenvalue weighted by Crippen LogP contribution is -2.42. The topological polar surface area (TPSA) is 152 Å². The molecule has 0 heterocycles. The molecule has 1 amide bonds. The number of sulfonamides is 1. The van der Waals surface area contributed by atoms with E-state index in [0.29, 0.717) is 31.4 Å². The maximum Gasteiger partial charge on any atom is 0.264 e. The molecule has 0 bridgehead atoms. The number of fused-ring (bicyclic) bond motifs is 1. The summed E-state index contributed by atoms with van der Waals surface area (Å²) in [5.41, 5.74) is 12.1. The Bertz CT molecular complexity index is 1060. The molecular weight excluding hydrogens is 432 g/mol. The van der Waals surface area contributed by atoms with Crippen molar-refractivity contribution in [1.29, 1.82) is 0 Å². The first kappa shape index (κ1) is 25.4. The van der Waals surface area contributed by atoms with Crippen molar-refractivity contribution in [1.82, 2.24) is 10.0 Å². The largest absolute Gasteiger partial charge is 0.383 e. The summed E-state index contributed by atoms with van der Waals surface area (Å²) in [6.45, 7) is 1.20. The number of benzene rings is 2. The highest BCUT2D eigenvalue weighted by molar-refractivity contribution is 7.90. The number of hydrogen-bond acceptors (Lipinski definition) is 7. The first-order chi connectivity index (χ1) is 15.2. The first-order valence-corrected chi connectivity index (χ1v) is 11.7. The van der Waals surface area contributed by atoms with E-state index in [4.69, 9.17) is 16.2 Å². The number of aliphatic imine (C=N–C) groups is 1. The SMILES string of the molecule is COCCN[C@@H](CCCN=C(N)NS(=O)(=O)c1cccc2c(N(C)C)cccc12)C(N)=O. The summed E-state index contributed by atoms with van der Waals surface area (Å²) in [5.74, 6) is -0.680. The van der Waals surface area contributed by atoms with Gasteiger partial charge in [-0.3, -0.25) is 9.79 Å². The minimum atomic E-state index is -3.94. The molecule has 2 aromatic rings. The number of rotatable bonds is 12. The molecule has 0 aliphatic heterocycles. The van der Waals surface area contributed by atoms with E-state index in [9.17, 15) is 13.2 Å². The number of primary amides is 1. The van der Waals surface area contributed by atoms with Gasteiger partial charge in [0.1, 0.15) is 0 Å². The fourth-order valence-electron chi connectivity index (χ4n) is 3.29. The third kappa shape index (κ3) is 6.81. The van der Waals surface area contributed by atoms with Crippen LogP contribution in [0.2, 0.25) is 0 Å². The molecule has 11 heteroatoms. The number of hydrogen-bond donors (Lipinski definition) is 4. The Morgan fingerprint density at radius 2 is 1.84 bits per heavy atom. The molecule has 2 aromatic carbocycles. The van der Waals surface area contributed by atoms with E-state index < -0.39 is 22.0 Å². The molecule has 0 radical (unpaired) electrons. The maximum atomic E-state index is 12.9. The second kappa shape index (κ2) is 11.7. The Balaban J connectivity index is 2.06. The molecule has 1 atom stereocenters. The van der Waals surface area contributed by atoms with Crippen molar-refractivity contribution in [3.8, 4) is 0 Å². The van der Waals surface area contributed by atoms with E-state index in [1.807, 2.05) is 37.2 Å². The molecule has 0 unspecified atom stereocenters. The van der Waals surface area contributed by atoms with Crippen LogP contribution in [0.1, 0.15) is 12.8 Å². The van der Waals surface area contributed by atoms with Crippen molar-refractivity contribution in [2.45, 2.75) is 23.8 Å². The molecule has 0 fully saturated rings. The van der Waals surface area contributed by atoms with Crippen LogP contribution in [0, 0.1) is 0 Å². The summed E-state index contributed by atoms with van der Waals surface area (Å²) >= 11 is 0. The summed E-state index contributed by atoms with van der Waals surface area (Å²) in [4.78, 5) is 17.6. The minimum Gasteiger partial charge on any atom is -0.383 e. The molecule has 2 rings (SSSR count). The van der Waals surface area contributed by atoms with E-state index in [1.165, 1.54) is 6.07 Å². The number of guanidine groups is 1. The predicted molar refractivity (Wildman–Crippen MR) is 127 cm³/mol. The first-order valence-electron chi connectivity index (χ1n) is 10.2. The zero-order valence-corrected chi connectivity index (χ0v) is 19.5. The lowest BCUT2D eigenvalue weighted by molar-refractivity contribution is -0.120. The highest BCUT2D eigenvalue weighted by Gasteiger charge is 2.19. The summed E-state index contributed by atoms with van der Waals surface area (Å²) in [5, 5.41) is 4.41. The maximum absolute atomic E-state index is 12.9. The normalized spacial score (nSPS) is 13.2. The Morgan fingerprint density at radius 3 is 2.50 bits per heavy atom. The summed E-state index contributed by atoms with van der Waals surface area (Å²) < 4.78 is 33.2. The molecule has 0 spiro atoms. The quantitative estimate of drug-likeness (QED) is 0.201. The molecule has 0 aromatic heterocycles.